The smallest absolute Gasteiger partial charge is 0.198 e. The molecule has 3 aromatic carbocycles. The largest absolute Gasteiger partial charge is 0.298 e. The second-order valence-corrected chi connectivity index (χ2v) is 6.58. The summed E-state index contributed by atoms with van der Waals surface area (Å²) in [6.45, 7) is 0. The topological polar surface area (TPSA) is 47.8 Å². The van der Waals surface area contributed by atoms with Crippen molar-refractivity contribution in [3.05, 3.63) is 119 Å². The number of aromatic nitrogens is 3. The van der Waals surface area contributed by atoms with Crippen molar-refractivity contribution in [2.75, 3.05) is 0 Å². The van der Waals surface area contributed by atoms with E-state index in [0.717, 1.165) is 11.1 Å². The number of hydrogen-bond acceptors (Lipinski definition) is 3. The van der Waals surface area contributed by atoms with Crippen LogP contribution in [0.3, 0.4) is 0 Å². The Kier molecular flexibility index (Phi) is 4.57. The molecule has 1 unspecified atom stereocenters. The molecule has 0 saturated carbocycles. The summed E-state index contributed by atoms with van der Waals surface area (Å²) in [5.41, 5.74) is 1.06. The van der Waals surface area contributed by atoms with Gasteiger partial charge < -0.3 is 0 Å². The molecule has 0 N–H and O–H groups in total. The van der Waals surface area contributed by atoms with E-state index in [0.29, 0.717) is 10.6 Å². The van der Waals surface area contributed by atoms with E-state index in [2.05, 4.69) is 10.2 Å². The summed E-state index contributed by atoms with van der Waals surface area (Å²) in [6.07, 6.45) is 3.14. The van der Waals surface area contributed by atoms with Gasteiger partial charge in [0.1, 0.15) is 12.7 Å². The van der Waals surface area contributed by atoms with Crippen LogP contribution < -0.4 is 0 Å². The molecule has 0 radical (unpaired) electrons. The second kappa shape index (κ2) is 7.17. The third-order valence-electron chi connectivity index (χ3n) is 4.62. The molecule has 5 heteroatoms. The van der Waals surface area contributed by atoms with Gasteiger partial charge in [-0.2, -0.15) is 0 Å². The quantitative estimate of drug-likeness (QED) is 0.480. The van der Waals surface area contributed by atoms with Crippen LogP contribution in [0.4, 0.5) is 0 Å². The van der Waals surface area contributed by atoms with Gasteiger partial charge in [0.05, 0.1) is 0 Å². The molecule has 132 valence electrons. The predicted molar refractivity (Wildman–Crippen MR) is 105 cm³/mol. The van der Waals surface area contributed by atoms with E-state index in [9.17, 15) is 4.79 Å². The molecular formula is C22H16ClN3O. The van der Waals surface area contributed by atoms with Crippen molar-refractivity contribution in [1.29, 1.82) is 0 Å². The van der Waals surface area contributed by atoms with Crippen LogP contribution in [0.15, 0.2) is 97.6 Å². The van der Waals surface area contributed by atoms with Crippen molar-refractivity contribution in [3.63, 3.8) is 0 Å². The maximum atomic E-state index is 13.9. The number of rotatable bonds is 5. The van der Waals surface area contributed by atoms with E-state index in [1.807, 2.05) is 72.8 Å². The first kappa shape index (κ1) is 17.2. The van der Waals surface area contributed by atoms with Crippen molar-refractivity contribution in [2.45, 2.75) is 5.54 Å². The highest BCUT2D eigenvalue weighted by molar-refractivity contribution is 6.30. The van der Waals surface area contributed by atoms with Crippen LogP contribution in [-0.4, -0.2) is 20.5 Å². The summed E-state index contributed by atoms with van der Waals surface area (Å²) in [4.78, 5) is 13.9. The Labute approximate surface area is 162 Å². The highest BCUT2D eigenvalue weighted by Crippen LogP contribution is 2.37. The molecule has 4 nitrogen and oxygen atoms in total. The Hall–Kier alpha value is -3.24. The van der Waals surface area contributed by atoms with Crippen molar-refractivity contribution < 1.29 is 4.79 Å². The Bertz CT molecular complexity index is 1030. The lowest BCUT2D eigenvalue weighted by molar-refractivity contribution is 0.0888. The number of ketones is 1. The van der Waals surface area contributed by atoms with E-state index >= 15 is 0 Å². The lowest BCUT2D eigenvalue weighted by atomic mass is 9.76. The number of carbonyl (C=O) groups is 1. The van der Waals surface area contributed by atoms with Crippen molar-refractivity contribution >= 4 is 17.4 Å². The summed E-state index contributed by atoms with van der Waals surface area (Å²) in [5, 5.41) is 8.54. The van der Waals surface area contributed by atoms with Crippen LogP contribution in [0, 0.1) is 0 Å². The fourth-order valence-corrected chi connectivity index (χ4v) is 3.51. The normalized spacial score (nSPS) is 13.1. The minimum Gasteiger partial charge on any atom is -0.298 e. The van der Waals surface area contributed by atoms with E-state index in [1.165, 1.54) is 0 Å². The first-order valence-electron chi connectivity index (χ1n) is 8.49. The lowest BCUT2D eigenvalue weighted by Gasteiger charge is -2.34. The molecule has 0 saturated heterocycles. The minimum absolute atomic E-state index is 0.0728. The Balaban J connectivity index is 2.06. The summed E-state index contributed by atoms with van der Waals surface area (Å²) in [5.74, 6) is -0.0728. The molecular weight excluding hydrogens is 358 g/mol. The average molecular weight is 374 g/mol. The van der Waals surface area contributed by atoms with Crippen molar-refractivity contribution in [1.82, 2.24) is 14.8 Å². The fourth-order valence-electron chi connectivity index (χ4n) is 3.39. The van der Waals surface area contributed by atoms with Crippen LogP contribution in [0.2, 0.25) is 5.02 Å². The number of hydrogen-bond donors (Lipinski definition) is 0. The molecule has 0 bridgehead atoms. The summed E-state index contributed by atoms with van der Waals surface area (Å²) < 4.78 is 1.75. The maximum absolute atomic E-state index is 13.9. The van der Waals surface area contributed by atoms with Gasteiger partial charge in [0, 0.05) is 10.6 Å². The van der Waals surface area contributed by atoms with E-state index in [4.69, 9.17) is 11.6 Å². The second-order valence-electron chi connectivity index (χ2n) is 6.15. The molecule has 0 fully saturated rings. The SMILES string of the molecule is O=C(c1ccccc1)C(c1ccccc1)(c1ccc(Cl)cc1)n1cnnc1. The first-order chi connectivity index (χ1) is 13.2. The molecule has 1 atom stereocenters. The van der Waals surface area contributed by atoms with Gasteiger partial charge in [-0.25, -0.2) is 0 Å². The lowest BCUT2D eigenvalue weighted by Crippen LogP contribution is -2.43. The molecule has 27 heavy (non-hydrogen) atoms. The molecule has 0 aliphatic carbocycles. The third-order valence-corrected chi connectivity index (χ3v) is 4.88. The third kappa shape index (κ3) is 2.94. The molecule has 4 rings (SSSR count). The molecule has 0 aliphatic heterocycles. The Morgan fingerprint density at radius 3 is 1.85 bits per heavy atom. The monoisotopic (exact) mass is 373 g/mol. The van der Waals surface area contributed by atoms with Crippen LogP contribution in [0.5, 0.6) is 0 Å². The predicted octanol–water partition coefficient (Wildman–Crippen LogP) is 4.61. The van der Waals surface area contributed by atoms with Crippen LogP contribution in [0.1, 0.15) is 21.5 Å². The van der Waals surface area contributed by atoms with Gasteiger partial charge in [0.15, 0.2) is 11.3 Å². The van der Waals surface area contributed by atoms with Crippen LogP contribution in [0.25, 0.3) is 0 Å². The van der Waals surface area contributed by atoms with Gasteiger partial charge in [-0.05, 0) is 23.3 Å². The van der Waals surface area contributed by atoms with Gasteiger partial charge in [0.25, 0.3) is 0 Å². The molecule has 1 aromatic heterocycles. The van der Waals surface area contributed by atoms with Crippen molar-refractivity contribution in [2.24, 2.45) is 0 Å². The fraction of sp³-hybridized carbons (Fsp3) is 0.0455. The molecule has 0 spiro atoms. The number of Topliss-reactive ketones (excluding diaryl/α,β-unsaturated/α-hetero) is 1. The molecule has 0 aliphatic rings. The number of benzene rings is 3. The van der Waals surface area contributed by atoms with Crippen LogP contribution >= 0.6 is 11.6 Å². The number of nitrogens with zero attached hydrogens (tertiary/aromatic N) is 3. The first-order valence-corrected chi connectivity index (χ1v) is 8.87. The number of carbonyl (C=O) groups excluding carboxylic acids is 1. The highest BCUT2D eigenvalue weighted by atomic mass is 35.5. The van der Waals surface area contributed by atoms with Gasteiger partial charge in [0.2, 0.25) is 0 Å². The zero-order valence-corrected chi connectivity index (χ0v) is 15.1. The zero-order valence-electron chi connectivity index (χ0n) is 14.4. The van der Waals surface area contributed by atoms with E-state index in [-0.39, 0.29) is 5.78 Å². The van der Waals surface area contributed by atoms with E-state index < -0.39 is 5.54 Å². The van der Waals surface area contributed by atoms with Crippen LogP contribution in [-0.2, 0) is 5.54 Å². The van der Waals surface area contributed by atoms with Gasteiger partial charge >= 0.3 is 0 Å². The van der Waals surface area contributed by atoms with Gasteiger partial charge in [-0.3, -0.25) is 9.36 Å². The Morgan fingerprint density at radius 1 is 0.741 bits per heavy atom. The average Bonchev–Trinajstić information content (AvgIpc) is 3.26. The highest BCUT2D eigenvalue weighted by Gasteiger charge is 2.44. The minimum atomic E-state index is -1.14. The van der Waals surface area contributed by atoms with E-state index in [1.54, 1.807) is 29.4 Å². The standard InChI is InChI=1S/C22H16ClN3O/c23-20-13-11-19(12-14-20)22(26-15-24-25-16-26,18-9-5-2-6-10-18)21(27)17-7-3-1-4-8-17/h1-16H. The number of halogens is 1. The molecule has 0 amide bonds. The summed E-state index contributed by atoms with van der Waals surface area (Å²) in [7, 11) is 0. The molecule has 4 aromatic rings. The zero-order chi connectivity index (χ0) is 18.7. The van der Waals surface area contributed by atoms with Crippen molar-refractivity contribution in [3.8, 4) is 0 Å². The Morgan fingerprint density at radius 2 is 1.26 bits per heavy atom. The summed E-state index contributed by atoms with van der Waals surface area (Å²) in [6, 6.07) is 26.2. The maximum Gasteiger partial charge on any atom is 0.198 e. The van der Waals surface area contributed by atoms with Gasteiger partial charge in [-0.15, -0.1) is 10.2 Å². The molecule has 1 heterocycles. The van der Waals surface area contributed by atoms with Gasteiger partial charge in [-0.1, -0.05) is 84.4 Å². The summed E-state index contributed by atoms with van der Waals surface area (Å²) >= 11 is 6.11.